The van der Waals surface area contributed by atoms with Crippen molar-refractivity contribution in [2.45, 2.75) is 109 Å². The first kappa shape index (κ1) is 45.3. The highest BCUT2D eigenvalue weighted by molar-refractivity contribution is 5.91. The maximum absolute atomic E-state index is 13.8. The number of halogens is 1. The van der Waals surface area contributed by atoms with Crippen molar-refractivity contribution in [2.24, 2.45) is 23.7 Å². The summed E-state index contributed by atoms with van der Waals surface area (Å²) in [4.78, 5) is 63.3. The van der Waals surface area contributed by atoms with Crippen LogP contribution in [0.15, 0.2) is 42.0 Å². The van der Waals surface area contributed by atoms with E-state index in [4.69, 9.17) is 18.9 Å². The predicted molar refractivity (Wildman–Crippen MR) is 196 cm³/mol. The molecule has 1 amide bonds. The molecule has 0 saturated carbocycles. The van der Waals surface area contributed by atoms with Gasteiger partial charge in [0, 0.05) is 30.2 Å². The van der Waals surface area contributed by atoms with Crippen molar-refractivity contribution in [3.8, 4) is 0 Å². The van der Waals surface area contributed by atoms with Gasteiger partial charge >= 0.3 is 17.7 Å². The molecule has 0 aromatic heterocycles. The maximum atomic E-state index is 13.8. The number of allylic oxidation sites excluding steroid dienone is 3. The number of hydrogen-bond acceptors (Lipinski definition) is 14. The van der Waals surface area contributed by atoms with Crippen molar-refractivity contribution in [2.75, 3.05) is 26.0 Å². The number of aliphatic hydroxyl groups excluding tert-OH is 3. The van der Waals surface area contributed by atoms with Gasteiger partial charge in [0.15, 0.2) is 12.1 Å². The minimum absolute atomic E-state index is 0.0737. The van der Waals surface area contributed by atoms with Gasteiger partial charge < -0.3 is 44.0 Å². The van der Waals surface area contributed by atoms with Crippen molar-refractivity contribution in [1.29, 1.82) is 0 Å². The zero-order chi connectivity index (χ0) is 41.1. The zero-order valence-electron chi connectivity index (χ0n) is 32.2. The van der Waals surface area contributed by atoms with E-state index in [1.54, 1.807) is 65.8 Å². The second kappa shape index (κ2) is 20.7. The van der Waals surface area contributed by atoms with Crippen LogP contribution in [0.4, 0.5) is 20.6 Å². The molecule has 0 radical (unpaired) electrons. The fraction of sp³-hybridized carbons (Fsp3) is 0.632. The lowest BCUT2D eigenvalue weighted by molar-refractivity contribution is -0.387. The number of carbonyl (C=O) groups is 4. The molecule has 306 valence electrons. The molecule has 2 heterocycles. The molecule has 2 aliphatic heterocycles. The Bertz CT molecular complexity index is 1570. The minimum Gasteiger partial charge on any atom is -0.462 e. The van der Waals surface area contributed by atoms with E-state index < -0.39 is 108 Å². The van der Waals surface area contributed by atoms with E-state index in [0.29, 0.717) is 11.9 Å². The molecule has 1 fully saturated rings. The number of carbonyl (C=O) groups excluding carboxylic acids is 4. The first-order valence-electron chi connectivity index (χ1n) is 18.3. The fourth-order valence-electron chi connectivity index (χ4n) is 6.97. The molecule has 55 heavy (non-hydrogen) atoms. The SMILES string of the molecule is CC[C@H]1OC(=O)C[C@@H](O)[C@H](C)[C@@H](O[C@@H]2O[C@H](C)[C@@H](O)[C@H](N(C)C)[C@H]2O)[C@@H](CC=O)C[C@@H](C)C(=O)/C=C/C(C)=C/[C@@H]1COC(=O)Nc1ccc(F)c([N+](=O)[O-])c1. The number of nitro groups is 1. The average Bonchev–Trinajstić information content (AvgIpc) is 3.12. The molecule has 17 heteroatoms. The Morgan fingerprint density at radius 2 is 1.84 bits per heavy atom. The summed E-state index contributed by atoms with van der Waals surface area (Å²) in [7, 11) is 3.37. The van der Waals surface area contributed by atoms with Gasteiger partial charge in [0.05, 0.1) is 47.5 Å². The summed E-state index contributed by atoms with van der Waals surface area (Å²) >= 11 is 0. The topological polar surface area (TPSA) is 224 Å². The fourth-order valence-corrected chi connectivity index (χ4v) is 6.97. The van der Waals surface area contributed by atoms with Crippen LogP contribution in [-0.4, -0.2) is 119 Å². The van der Waals surface area contributed by atoms with Crippen molar-refractivity contribution in [1.82, 2.24) is 4.90 Å². The zero-order valence-corrected chi connectivity index (χ0v) is 32.2. The first-order valence-corrected chi connectivity index (χ1v) is 18.3. The normalized spacial score (nSPS) is 34.2. The molecule has 0 bridgehead atoms. The van der Waals surface area contributed by atoms with Gasteiger partial charge in [-0.2, -0.15) is 4.39 Å². The van der Waals surface area contributed by atoms with Gasteiger partial charge in [0.1, 0.15) is 25.1 Å². The lowest BCUT2D eigenvalue weighted by Crippen LogP contribution is -2.63. The number of nitrogens with one attached hydrogen (secondary N) is 1. The number of aliphatic hydroxyl groups is 3. The van der Waals surface area contributed by atoms with E-state index in [1.807, 2.05) is 0 Å². The molecule has 1 aromatic rings. The van der Waals surface area contributed by atoms with E-state index in [1.165, 1.54) is 6.08 Å². The molecular formula is C38H54FN3O13. The molecular weight excluding hydrogens is 725 g/mol. The molecule has 12 atom stereocenters. The number of anilines is 1. The molecule has 16 nitrogen and oxygen atoms in total. The lowest BCUT2D eigenvalue weighted by atomic mass is 9.79. The largest absolute Gasteiger partial charge is 0.462 e. The Morgan fingerprint density at radius 3 is 2.45 bits per heavy atom. The summed E-state index contributed by atoms with van der Waals surface area (Å²) in [6, 6.07) is 2.01. The molecule has 4 N–H and O–H groups in total. The number of amides is 1. The highest BCUT2D eigenvalue weighted by atomic mass is 19.1. The molecule has 3 rings (SSSR count). The summed E-state index contributed by atoms with van der Waals surface area (Å²) < 4.78 is 37.3. The molecule has 1 aromatic carbocycles. The van der Waals surface area contributed by atoms with Gasteiger partial charge in [-0.3, -0.25) is 25.0 Å². The van der Waals surface area contributed by atoms with Crippen LogP contribution in [0, 0.1) is 39.6 Å². The molecule has 2 aliphatic rings. The smallest absolute Gasteiger partial charge is 0.411 e. The Kier molecular flexibility index (Phi) is 17.0. The highest BCUT2D eigenvalue weighted by Gasteiger charge is 2.47. The highest BCUT2D eigenvalue weighted by Crippen LogP contribution is 2.34. The van der Waals surface area contributed by atoms with Crippen LogP contribution in [0.2, 0.25) is 0 Å². The number of aldehydes is 1. The lowest BCUT2D eigenvalue weighted by Gasteiger charge is -2.46. The quantitative estimate of drug-likeness (QED) is 0.115. The van der Waals surface area contributed by atoms with Gasteiger partial charge in [-0.1, -0.05) is 38.5 Å². The van der Waals surface area contributed by atoms with Gasteiger partial charge in [0.25, 0.3) is 0 Å². The van der Waals surface area contributed by atoms with Gasteiger partial charge in [0.2, 0.25) is 5.82 Å². The van der Waals surface area contributed by atoms with Crippen LogP contribution in [-0.2, 0) is 33.3 Å². The monoisotopic (exact) mass is 779 g/mol. The third-order valence-corrected chi connectivity index (χ3v) is 10.1. The van der Waals surface area contributed by atoms with Crippen molar-refractivity contribution in [3.63, 3.8) is 0 Å². The summed E-state index contributed by atoms with van der Waals surface area (Å²) in [5, 5.41) is 46.9. The van der Waals surface area contributed by atoms with E-state index in [-0.39, 0.29) is 37.3 Å². The Morgan fingerprint density at radius 1 is 1.15 bits per heavy atom. The van der Waals surface area contributed by atoms with E-state index in [0.717, 1.165) is 18.2 Å². The standard InChI is InChI=1S/C38H54FN3O13/c1-8-31-25(19-52-38(49)40-26-10-11-27(39)28(17-26)42(50)51)15-20(2)9-12-29(44)21(3)16-24(13-14-43)36(22(4)30(45)18-32(46)54-31)55-37-35(48)33(41(6)7)34(47)23(5)53-37/h9-12,14-15,17,21-25,30-31,33-37,45,47-48H,8,13,16,18-19H2,1-7H3,(H,40,49)/b12-9+,20-15+/t21-,22+,23-,24+,25-,30-,31-,33+,34-,35-,36-,37+/m1/s1. The second-order valence-electron chi connectivity index (χ2n) is 14.6. The van der Waals surface area contributed by atoms with Crippen LogP contribution >= 0.6 is 0 Å². The van der Waals surface area contributed by atoms with Gasteiger partial charge in [-0.25, -0.2) is 4.79 Å². The molecule has 0 unspecified atom stereocenters. The number of nitro benzene ring substituents is 1. The van der Waals surface area contributed by atoms with E-state index >= 15 is 0 Å². The molecule has 1 saturated heterocycles. The Labute approximate surface area is 319 Å². The molecule has 0 aliphatic carbocycles. The van der Waals surface area contributed by atoms with Crippen molar-refractivity contribution < 1.29 is 62.8 Å². The number of esters is 1. The van der Waals surface area contributed by atoms with Crippen molar-refractivity contribution >= 4 is 35.5 Å². The van der Waals surface area contributed by atoms with Crippen LogP contribution in [0.25, 0.3) is 0 Å². The third kappa shape index (κ3) is 12.4. The van der Waals surface area contributed by atoms with Crippen molar-refractivity contribution in [3.05, 3.63) is 57.9 Å². The van der Waals surface area contributed by atoms with Crippen LogP contribution < -0.4 is 5.32 Å². The summed E-state index contributed by atoms with van der Waals surface area (Å²) in [6.45, 7) is 8.00. The van der Waals surface area contributed by atoms with Gasteiger partial charge in [-0.05, 0) is 64.9 Å². The first-order chi connectivity index (χ1) is 25.9. The Balaban J connectivity index is 1.92. The van der Waals surface area contributed by atoms with E-state index in [9.17, 15) is 49.0 Å². The van der Waals surface area contributed by atoms with Crippen LogP contribution in [0.3, 0.4) is 0 Å². The number of cyclic esters (lactones) is 1. The number of benzene rings is 1. The Hall–Kier alpha value is -4.13. The minimum atomic E-state index is -1.39. The van der Waals surface area contributed by atoms with Gasteiger partial charge in [-0.15, -0.1) is 0 Å². The van der Waals surface area contributed by atoms with Crippen LogP contribution in [0.5, 0.6) is 0 Å². The number of ketones is 1. The predicted octanol–water partition coefficient (Wildman–Crippen LogP) is 3.71. The second-order valence-corrected chi connectivity index (χ2v) is 14.6. The van der Waals surface area contributed by atoms with Crippen LogP contribution in [0.1, 0.15) is 60.3 Å². The summed E-state index contributed by atoms with van der Waals surface area (Å²) in [6.07, 6.45) is -3.73. The number of nitrogens with zero attached hydrogens (tertiary/aromatic N) is 2. The maximum Gasteiger partial charge on any atom is 0.411 e. The van der Waals surface area contributed by atoms with E-state index in [2.05, 4.69) is 5.32 Å². The summed E-state index contributed by atoms with van der Waals surface area (Å²) in [5.74, 6) is -5.09. The average molecular weight is 780 g/mol. The third-order valence-electron chi connectivity index (χ3n) is 10.1. The number of likely N-dealkylation sites (N-methyl/N-ethyl adjacent to an activating group) is 1. The number of ether oxygens (including phenoxy) is 4. The molecule has 0 spiro atoms. The summed E-state index contributed by atoms with van der Waals surface area (Å²) in [5.41, 5.74) is -0.380. The number of hydrogen-bond donors (Lipinski definition) is 4. The number of rotatable bonds is 10.